The Morgan fingerprint density at radius 2 is 1.88 bits per heavy atom. The van der Waals surface area contributed by atoms with Crippen LogP contribution in [0.15, 0.2) is 47.4 Å². The molecule has 1 aromatic carbocycles. The predicted molar refractivity (Wildman–Crippen MR) is 90.3 cm³/mol. The number of hydrogen-bond acceptors (Lipinski definition) is 5. The summed E-state index contributed by atoms with van der Waals surface area (Å²) >= 11 is 0. The van der Waals surface area contributed by atoms with Crippen molar-refractivity contribution in [3.05, 3.63) is 64.1 Å². The average Bonchev–Trinajstić information content (AvgIpc) is 2.61. The third kappa shape index (κ3) is 3.18. The summed E-state index contributed by atoms with van der Waals surface area (Å²) < 4.78 is 5.04. The summed E-state index contributed by atoms with van der Waals surface area (Å²) in [6.07, 6.45) is 1.09. The van der Waals surface area contributed by atoms with Gasteiger partial charge in [0, 0.05) is 23.2 Å². The second-order valence-electron chi connectivity index (χ2n) is 5.12. The van der Waals surface area contributed by atoms with E-state index in [0.29, 0.717) is 16.7 Å². The van der Waals surface area contributed by atoms with Crippen molar-refractivity contribution < 1.29 is 19.4 Å². The molecule has 0 radical (unpaired) electrons. The Kier molecular flexibility index (Phi) is 4.17. The predicted octanol–water partition coefficient (Wildman–Crippen LogP) is 1.88. The highest BCUT2D eigenvalue weighted by atomic mass is 16.5. The van der Waals surface area contributed by atoms with Crippen molar-refractivity contribution >= 4 is 28.6 Å². The molecule has 0 bridgehead atoms. The number of rotatable bonds is 4. The van der Waals surface area contributed by atoms with Crippen LogP contribution in [0, 0.1) is 0 Å². The number of benzene rings is 1. The van der Waals surface area contributed by atoms with Crippen molar-refractivity contribution in [1.29, 1.82) is 0 Å². The summed E-state index contributed by atoms with van der Waals surface area (Å²) in [5, 5.41) is 12.3. The van der Waals surface area contributed by atoms with Crippen LogP contribution in [0.3, 0.4) is 0 Å². The van der Waals surface area contributed by atoms with E-state index >= 15 is 0 Å². The number of aromatic amines is 1. The van der Waals surface area contributed by atoms with E-state index < -0.39 is 11.9 Å². The number of nitrogens with one attached hydrogen (secondary N) is 2. The second-order valence-corrected chi connectivity index (χ2v) is 5.12. The molecule has 0 saturated heterocycles. The first-order chi connectivity index (χ1) is 12.0. The van der Waals surface area contributed by atoms with Crippen molar-refractivity contribution in [1.82, 2.24) is 9.97 Å². The van der Waals surface area contributed by atoms with Gasteiger partial charge in [-0.3, -0.25) is 9.59 Å². The first-order valence-corrected chi connectivity index (χ1v) is 7.20. The number of carbonyl (C=O) groups is 2. The highest BCUT2D eigenvalue weighted by Crippen LogP contribution is 2.25. The molecule has 0 fully saturated rings. The van der Waals surface area contributed by atoms with Crippen LogP contribution < -0.4 is 15.6 Å². The first kappa shape index (κ1) is 16.2. The fourth-order valence-electron chi connectivity index (χ4n) is 2.33. The van der Waals surface area contributed by atoms with Crippen molar-refractivity contribution in [2.24, 2.45) is 0 Å². The smallest absolute Gasteiger partial charge is 0.339 e. The van der Waals surface area contributed by atoms with Crippen LogP contribution in [0.5, 0.6) is 5.75 Å². The molecular formula is C17H13N3O5. The van der Waals surface area contributed by atoms with Crippen LogP contribution in [0.2, 0.25) is 0 Å². The van der Waals surface area contributed by atoms with E-state index in [1.807, 2.05) is 0 Å². The average molecular weight is 339 g/mol. The maximum absolute atomic E-state index is 12.5. The Bertz CT molecular complexity index is 1020. The van der Waals surface area contributed by atoms with Crippen LogP contribution >= 0.6 is 0 Å². The lowest BCUT2D eigenvalue weighted by Gasteiger charge is -2.11. The molecule has 0 aliphatic rings. The molecule has 126 valence electrons. The molecule has 8 heteroatoms. The van der Waals surface area contributed by atoms with E-state index in [9.17, 15) is 19.5 Å². The fraction of sp³-hybridized carbons (Fsp3) is 0.0588. The Morgan fingerprint density at radius 3 is 2.52 bits per heavy atom. The van der Waals surface area contributed by atoms with Crippen molar-refractivity contribution in [3.63, 3.8) is 0 Å². The number of hydrogen-bond donors (Lipinski definition) is 3. The Labute approximate surface area is 141 Å². The van der Waals surface area contributed by atoms with Crippen molar-refractivity contribution in [3.8, 4) is 5.75 Å². The lowest BCUT2D eigenvalue weighted by atomic mass is 10.1. The highest BCUT2D eigenvalue weighted by molar-refractivity contribution is 6.13. The minimum atomic E-state index is -1.24. The maximum atomic E-state index is 12.5. The molecular weight excluding hydrogens is 326 g/mol. The molecule has 0 aliphatic heterocycles. The molecule has 8 nitrogen and oxygen atoms in total. The third-order valence-electron chi connectivity index (χ3n) is 3.58. The molecule has 0 atom stereocenters. The molecule has 2 aromatic heterocycles. The van der Waals surface area contributed by atoms with Crippen molar-refractivity contribution in [2.75, 3.05) is 12.4 Å². The number of pyridine rings is 2. The number of aromatic carboxylic acids is 1. The molecule has 0 aliphatic carbocycles. The lowest BCUT2D eigenvalue weighted by molar-refractivity contribution is 0.0697. The summed E-state index contributed by atoms with van der Waals surface area (Å²) in [5.41, 5.74) is 0.0144. The zero-order valence-electron chi connectivity index (χ0n) is 13.1. The van der Waals surface area contributed by atoms with Gasteiger partial charge in [-0.15, -0.1) is 0 Å². The van der Waals surface area contributed by atoms with E-state index in [4.69, 9.17) is 4.74 Å². The molecule has 0 saturated carbocycles. The molecule has 3 rings (SSSR count). The largest absolute Gasteiger partial charge is 0.497 e. The van der Waals surface area contributed by atoms with Gasteiger partial charge in [0.2, 0.25) is 5.56 Å². The fourth-order valence-corrected chi connectivity index (χ4v) is 2.33. The van der Waals surface area contributed by atoms with Gasteiger partial charge in [0.15, 0.2) is 0 Å². The Morgan fingerprint density at radius 1 is 1.16 bits per heavy atom. The number of anilines is 1. The summed E-state index contributed by atoms with van der Waals surface area (Å²) in [4.78, 5) is 41.7. The number of H-pyrrole nitrogens is 1. The Balaban J connectivity index is 2.06. The van der Waals surface area contributed by atoms with Gasteiger partial charge in [-0.05, 0) is 30.3 Å². The number of carboxylic acid groups (broad SMARTS) is 1. The number of methoxy groups -OCH3 is 1. The highest BCUT2D eigenvalue weighted by Gasteiger charge is 2.18. The number of fused-ring (bicyclic) bond motifs is 1. The minimum absolute atomic E-state index is 0.0644. The molecule has 0 unspecified atom stereocenters. The monoisotopic (exact) mass is 339 g/mol. The number of carbonyl (C=O) groups excluding carboxylic acids is 1. The topological polar surface area (TPSA) is 121 Å². The second kappa shape index (κ2) is 6.44. The van der Waals surface area contributed by atoms with Crippen LogP contribution in [0.4, 0.5) is 5.69 Å². The number of amides is 1. The SMILES string of the molecule is COc1ccc(C(=O)Nc2c(C(=O)O)cnc3[nH]c(=O)ccc23)cc1. The van der Waals surface area contributed by atoms with Gasteiger partial charge in [0.25, 0.3) is 5.91 Å². The zero-order valence-corrected chi connectivity index (χ0v) is 13.1. The van der Waals surface area contributed by atoms with Crippen LogP contribution in [-0.2, 0) is 0 Å². The van der Waals surface area contributed by atoms with Crippen LogP contribution in [0.25, 0.3) is 11.0 Å². The normalized spacial score (nSPS) is 10.4. The van der Waals surface area contributed by atoms with E-state index in [-0.39, 0.29) is 22.5 Å². The zero-order chi connectivity index (χ0) is 18.0. The number of carboxylic acids is 1. The summed E-state index contributed by atoms with van der Waals surface area (Å²) in [6, 6.07) is 9.00. The first-order valence-electron chi connectivity index (χ1n) is 7.20. The molecule has 2 heterocycles. The van der Waals surface area contributed by atoms with Gasteiger partial charge in [-0.25, -0.2) is 9.78 Å². The van der Waals surface area contributed by atoms with Gasteiger partial charge in [0.05, 0.1) is 12.8 Å². The number of nitrogens with zero attached hydrogens (tertiary/aromatic N) is 1. The molecule has 3 N–H and O–H groups in total. The summed E-state index contributed by atoms with van der Waals surface area (Å²) in [5.74, 6) is -1.15. The van der Waals surface area contributed by atoms with E-state index in [2.05, 4.69) is 15.3 Å². The van der Waals surface area contributed by atoms with Gasteiger partial charge in [0.1, 0.15) is 17.0 Å². The lowest BCUT2D eigenvalue weighted by Crippen LogP contribution is -2.16. The van der Waals surface area contributed by atoms with E-state index in [1.165, 1.54) is 19.2 Å². The van der Waals surface area contributed by atoms with Gasteiger partial charge < -0.3 is 20.1 Å². The Hall–Kier alpha value is -3.68. The molecule has 1 amide bonds. The molecule has 0 spiro atoms. The quantitative estimate of drug-likeness (QED) is 0.667. The van der Waals surface area contributed by atoms with Crippen molar-refractivity contribution in [2.45, 2.75) is 0 Å². The van der Waals surface area contributed by atoms with E-state index in [1.54, 1.807) is 24.3 Å². The minimum Gasteiger partial charge on any atom is -0.497 e. The van der Waals surface area contributed by atoms with Crippen LogP contribution in [0.1, 0.15) is 20.7 Å². The van der Waals surface area contributed by atoms with Crippen LogP contribution in [-0.4, -0.2) is 34.1 Å². The molecule has 25 heavy (non-hydrogen) atoms. The van der Waals surface area contributed by atoms with E-state index in [0.717, 1.165) is 6.20 Å². The number of aromatic nitrogens is 2. The molecule has 3 aromatic rings. The number of ether oxygens (including phenoxy) is 1. The van der Waals surface area contributed by atoms with Gasteiger partial charge >= 0.3 is 5.97 Å². The third-order valence-corrected chi connectivity index (χ3v) is 3.58. The standard InChI is InChI=1S/C17H13N3O5/c1-25-10-4-2-9(3-5-10)16(22)20-14-11-6-7-13(21)19-15(11)18-8-12(14)17(23)24/h2-8H,1H3,(H,23,24)(H2,18,19,20,21,22). The van der Waals surface area contributed by atoms with Gasteiger partial charge in [-0.2, -0.15) is 0 Å². The summed E-state index contributed by atoms with van der Waals surface area (Å²) in [7, 11) is 1.51. The maximum Gasteiger partial charge on any atom is 0.339 e. The van der Waals surface area contributed by atoms with Gasteiger partial charge in [-0.1, -0.05) is 0 Å². The summed E-state index contributed by atoms with van der Waals surface area (Å²) in [6.45, 7) is 0.